The molecule has 1 heterocycles. The summed E-state index contributed by atoms with van der Waals surface area (Å²) in [7, 11) is 0. The molecule has 0 radical (unpaired) electrons. The van der Waals surface area contributed by atoms with Gasteiger partial charge in [-0.25, -0.2) is 10.4 Å². The molecule has 0 saturated carbocycles. The number of rotatable bonds is 1. The van der Waals surface area contributed by atoms with Crippen molar-refractivity contribution in [2.45, 2.75) is 6.92 Å². The van der Waals surface area contributed by atoms with E-state index in [1.165, 1.54) is 6.92 Å². The van der Waals surface area contributed by atoms with Crippen LogP contribution in [0.4, 0.5) is 5.69 Å². The van der Waals surface area contributed by atoms with Crippen LogP contribution >= 0.6 is 11.6 Å². The second kappa shape index (κ2) is 6.10. The van der Waals surface area contributed by atoms with Crippen molar-refractivity contribution >= 4 is 34.9 Å². The third-order valence-electron chi connectivity index (χ3n) is 3.15. The topological polar surface area (TPSA) is 86.1 Å². The van der Waals surface area contributed by atoms with Gasteiger partial charge in [-0.3, -0.25) is 10.1 Å². The SMILES string of the molecule is CC(=O)NC1=Nc2ccc(Cl)cc2C(c2ccc(O)cc2)=NN1. The molecule has 0 fully saturated rings. The molecule has 3 rings (SSSR count). The second-order valence-electron chi connectivity index (χ2n) is 4.92. The van der Waals surface area contributed by atoms with Gasteiger partial charge in [0.05, 0.1) is 5.69 Å². The van der Waals surface area contributed by atoms with Gasteiger partial charge in [-0.15, -0.1) is 0 Å². The molecular weight excluding hydrogens is 316 g/mol. The summed E-state index contributed by atoms with van der Waals surface area (Å²) in [6.07, 6.45) is 0. The molecule has 23 heavy (non-hydrogen) atoms. The van der Waals surface area contributed by atoms with Crippen LogP contribution in [-0.4, -0.2) is 22.7 Å². The van der Waals surface area contributed by atoms with Crippen molar-refractivity contribution in [1.29, 1.82) is 0 Å². The number of phenolic OH excluding ortho intramolecular Hbond substituents is 1. The quantitative estimate of drug-likeness (QED) is 0.752. The van der Waals surface area contributed by atoms with Crippen molar-refractivity contribution in [1.82, 2.24) is 10.7 Å². The van der Waals surface area contributed by atoms with Gasteiger partial charge in [-0.1, -0.05) is 11.6 Å². The van der Waals surface area contributed by atoms with E-state index in [0.29, 0.717) is 16.4 Å². The number of aliphatic imine (C=N–C) groups is 1. The maximum atomic E-state index is 11.3. The van der Waals surface area contributed by atoms with Gasteiger partial charge in [-0.05, 0) is 42.5 Å². The highest BCUT2D eigenvalue weighted by molar-refractivity contribution is 6.31. The molecular formula is C16H13ClN4O2. The first kappa shape index (κ1) is 15.1. The van der Waals surface area contributed by atoms with Crippen LogP contribution in [0.2, 0.25) is 5.02 Å². The van der Waals surface area contributed by atoms with Crippen molar-refractivity contribution < 1.29 is 9.90 Å². The molecule has 0 spiro atoms. The Morgan fingerprint density at radius 1 is 1.22 bits per heavy atom. The molecule has 0 unspecified atom stereocenters. The van der Waals surface area contributed by atoms with Crippen LogP contribution in [0.5, 0.6) is 5.75 Å². The highest BCUT2D eigenvalue weighted by atomic mass is 35.5. The van der Waals surface area contributed by atoms with E-state index in [0.717, 1.165) is 11.1 Å². The normalized spacial score (nSPS) is 13.1. The van der Waals surface area contributed by atoms with E-state index in [1.807, 2.05) is 0 Å². The molecule has 116 valence electrons. The Kier molecular flexibility index (Phi) is 3.99. The molecule has 2 aromatic carbocycles. The number of nitrogens with zero attached hydrogens (tertiary/aromatic N) is 2. The first-order chi connectivity index (χ1) is 11.0. The molecule has 0 saturated heterocycles. The molecule has 0 atom stereocenters. The minimum Gasteiger partial charge on any atom is -0.508 e. The van der Waals surface area contributed by atoms with Gasteiger partial charge in [0.1, 0.15) is 11.5 Å². The van der Waals surface area contributed by atoms with Crippen LogP contribution in [0.15, 0.2) is 52.6 Å². The third-order valence-corrected chi connectivity index (χ3v) is 3.39. The summed E-state index contributed by atoms with van der Waals surface area (Å²) >= 11 is 6.10. The van der Waals surface area contributed by atoms with Crippen molar-refractivity contribution in [2.24, 2.45) is 10.1 Å². The summed E-state index contributed by atoms with van der Waals surface area (Å²) in [6.45, 7) is 1.39. The zero-order valence-corrected chi connectivity index (χ0v) is 12.9. The van der Waals surface area contributed by atoms with E-state index < -0.39 is 0 Å². The highest BCUT2D eigenvalue weighted by Gasteiger charge is 2.17. The smallest absolute Gasteiger partial charge is 0.224 e. The number of amides is 1. The van der Waals surface area contributed by atoms with Crippen molar-refractivity contribution in [2.75, 3.05) is 0 Å². The number of hydrazone groups is 1. The maximum absolute atomic E-state index is 11.3. The summed E-state index contributed by atoms with van der Waals surface area (Å²) in [4.78, 5) is 15.6. The van der Waals surface area contributed by atoms with E-state index in [9.17, 15) is 9.90 Å². The fourth-order valence-electron chi connectivity index (χ4n) is 2.17. The molecule has 7 heteroatoms. The molecule has 1 aliphatic rings. The lowest BCUT2D eigenvalue weighted by Crippen LogP contribution is -2.37. The molecule has 1 amide bonds. The lowest BCUT2D eigenvalue weighted by atomic mass is 10.0. The predicted octanol–water partition coefficient (Wildman–Crippen LogP) is 2.52. The number of fused-ring (bicyclic) bond motifs is 1. The summed E-state index contributed by atoms with van der Waals surface area (Å²) in [5.41, 5.74) is 5.46. The number of carbonyl (C=O) groups excluding carboxylic acids is 1. The van der Waals surface area contributed by atoms with E-state index >= 15 is 0 Å². The zero-order valence-electron chi connectivity index (χ0n) is 12.2. The van der Waals surface area contributed by atoms with Crippen LogP contribution in [-0.2, 0) is 4.79 Å². The Labute approximate surface area is 137 Å². The number of phenols is 1. The monoisotopic (exact) mass is 328 g/mol. The Hall–Kier alpha value is -2.86. The number of nitrogens with one attached hydrogen (secondary N) is 2. The number of guanidine groups is 1. The van der Waals surface area contributed by atoms with Gasteiger partial charge >= 0.3 is 0 Å². The average Bonchev–Trinajstić information content (AvgIpc) is 2.67. The summed E-state index contributed by atoms with van der Waals surface area (Å²) in [6, 6.07) is 11.8. The zero-order chi connectivity index (χ0) is 16.4. The van der Waals surface area contributed by atoms with Gasteiger partial charge in [-0.2, -0.15) is 5.10 Å². The van der Waals surface area contributed by atoms with E-state index in [-0.39, 0.29) is 17.6 Å². The van der Waals surface area contributed by atoms with Crippen LogP contribution < -0.4 is 10.7 Å². The fraction of sp³-hybridized carbons (Fsp3) is 0.0625. The van der Waals surface area contributed by atoms with Gasteiger partial charge < -0.3 is 5.11 Å². The van der Waals surface area contributed by atoms with Crippen LogP contribution in [0, 0.1) is 0 Å². The molecule has 2 aromatic rings. The molecule has 0 aromatic heterocycles. The Morgan fingerprint density at radius 3 is 2.65 bits per heavy atom. The molecule has 0 bridgehead atoms. The average molecular weight is 329 g/mol. The largest absolute Gasteiger partial charge is 0.508 e. The van der Waals surface area contributed by atoms with Gasteiger partial charge in [0.15, 0.2) is 0 Å². The Balaban J connectivity index is 2.12. The number of hydrogen-bond donors (Lipinski definition) is 3. The standard InChI is InChI=1S/C16H13ClN4O2/c1-9(22)18-16-19-14-7-4-11(17)8-13(14)15(20-21-16)10-2-5-12(23)6-3-10/h2-8,23H,1H3,(H2,18,19,21,22). The minimum atomic E-state index is -0.255. The minimum absolute atomic E-state index is 0.164. The van der Waals surface area contributed by atoms with Crippen molar-refractivity contribution in [3.63, 3.8) is 0 Å². The lowest BCUT2D eigenvalue weighted by Gasteiger charge is -2.08. The van der Waals surface area contributed by atoms with Gasteiger partial charge in [0.2, 0.25) is 11.9 Å². The first-order valence-electron chi connectivity index (χ1n) is 6.82. The summed E-state index contributed by atoms with van der Waals surface area (Å²) in [5, 5.41) is 16.9. The lowest BCUT2D eigenvalue weighted by molar-refractivity contribution is -0.117. The Morgan fingerprint density at radius 2 is 1.96 bits per heavy atom. The maximum Gasteiger partial charge on any atom is 0.224 e. The molecule has 0 aliphatic carbocycles. The van der Waals surface area contributed by atoms with E-state index in [4.69, 9.17) is 11.6 Å². The van der Waals surface area contributed by atoms with Crippen LogP contribution in [0.3, 0.4) is 0 Å². The second-order valence-corrected chi connectivity index (χ2v) is 5.36. The Bertz CT molecular complexity index is 828. The van der Waals surface area contributed by atoms with E-state index in [2.05, 4.69) is 20.8 Å². The fourth-order valence-corrected chi connectivity index (χ4v) is 2.34. The van der Waals surface area contributed by atoms with Crippen LogP contribution in [0.1, 0.15) is 18.1 Å². The van der Waals surface area contributed by atoms with Gasteiger partial charge in [0, 0.05) is 23.1 Å². The van der Waals surface area contributed by atoms with Crippen LogP contribution in [0.25, 0.3) is 0 Å². The van der Waals surface area contributed by atoms with Gasteiger partial charge in [0.25, 0.3) is 0 Å². The number of carbonyl (C=O) groups is 1. The highest BCUT2D eigenvalue weighted by Crippen LogP contribution is 2.28. The number of halogens is 1. The van der Waals surface area contributed by atoms with Crippen molar-refractivity contribution in [3.05, 3.63) is 58.6 Å². The van der Waals surface area contributed by atoms with E-state index in [1.54, 1.807) is 42.5 Å². The summed E-state index contributed by atoms with van der Waals surface area (Å²) in [5.74, 6) is 0.141. The number of benzene rings is 2. The third kappa shape index (κ3) is 3.32. The predicted molar refractivity (Wildman–Crippen MR) is 89.2 cm³/mol. The first-order valence-corrected chi connectivity index (χ1v) is 7.20. The number of hydrogen-bond acceptors (Lipinski definition) is 5. The molecule has 6 nitrogen and oxygen atoms in total. The molecule has 1 aliphatic heterocycles. The molecule has 3 N–H and O–H groups in total. The number of aromatic hydroxyl groups is 1. The van der Waals surface area contributed by atoms with Crippen molar-refractivity contribution in [3.8, 4) is 5.75 Å². The summed E-state index contributed by atoms with van der Waals surface area (Å²) < 4.78 is 0.